The van der Waals surface area contributed by atoms with Gasteiger partial charge in [0.25, 0.3) is 5.56 Å². The summed E-state index contributed by atoms with van der Waals surface area (Å²) in [5.41, 5.74) is 1.21. The molecule has 3 aromatic carbocycles. The molecule has 0 saturated heterocycles. The number of hydrogen-bond donors (Lipinski definition) is 0. The number of aromatic nitrogens is 3. The van der Waals surface area contributed by atoms with Gasteiger partial charge >= 0.3 is 0 Å². The quantitative estimate of drug-likeness (QED) is 0.245. The van der Waals surface area contributed by atoms with Crippen LogP contribution in [0.5, 0.6) is 23.0 Å². The van der Waals surface area contributed by atoms with Crippen molar-refractivity contribution in [3.8, 4) is 34.1 Å². The molecule has 0 aliphatic heterocycles. The van der Waals surface area contributed by atoms with Crippen molar-refractivity contribution in [3.63, 3.8) is 0 Å². The van der Waals surface area contributed by atoms with Crippen LogP contribution < -0.4 is 19.8 Å². The van der Waals surface area contributed by atoms with Crippen LogP contribution in [-0.4, -0.2) is 28.8 Å². The van der Waals surface area contributed by atoms with Crippen LogP contribution in [0.3, 0.4) is 0 Å². The Hall–Kier alpha value is -4.50. The van der Waals surface area contributed by atoms with E-state index < -0.39 is 17.2 Å². The summed E-state index contributed by atoms with van der Waals surface area (Å²) in [4.78, 5) is 21.6. The number of halogens is 3. The first-order chi connectivity index (χ1) is 18.4. The Kier molecular flexibility index (Phi) is 6.93. The summed E-state index contributed by atoms with van der Waals surface area (Å²) in [6, 6.07) is 13.2. The highest BCUT2D eigenvalue weighted by molar-refractivity contribution is 6.31. The Labute approximate surface area is 220 Å². The second kappa shape index (κ2) is 10.5. The van der Waals surface area contributed by atoms with E-state index >= 15 is 4.39 Å². The van der Waals surface area contributed by atoms with Gasteiger partial charge in [-0.2, -0.15) is 0 Å². The maximum Gasteiger partial charge on any atom is 0.261 e. The Balaban J connectivity index is 1.46. The highest BCUT2D eigenvalue weighted by atomic mass is 35.5. The third-order valence-electron chi connectivity index (χ3n) is 5.93. The fraction of sp³-hybridized carbons (Fsp3) is 0.107. The summed E-state index contributed by atoms with van der Waals surface area (Å²) < 4.78 is 46.5. The van der Waals surface area contributed by atoms with Gasteiger partial charge in [-0.1, -0.05) is 23.7 Å². The topological polar surface area (TPSA) is 75.5 Å². The molecule has 0 saturated carbocycles. The number of fused-ring (bicyclic) bond motifs is 1. The molecule has 0 bridgehead atoms. The average molecular weight is 536 g/mol. The smallest absolute Gasteiger partial charge is 0.261 e. The van der Waals surface area contributed by atoms with Crippen LogP contribution in [0, 0.1) is 11.6 Å². The molecular weight excluding hydrogens is 516 g/mol. The number of hydrogen-bond acceptors (Lipinski definition) is 6. The molecule has 0 fully saturated rings. The monoisotopic (exact) mass is 535 g/mol. The lowest BCUT2D eigenvalue weighted by molar-refractivity contribution is 0.355. The van der Waals surface area contributed by atoms with Gasteiger partial charge in [0.05, 0.1) is 38.2 Å². The largest absolute Gasteiger partial charge is 0.493 e. The molecule has 2 aromatic heterocycles. The SMILES string of the molecule is COc1cc2nccc(Oc3ccc(-c4cncn(Cc5ccc(F)cc5Cl)c4=O)cc3F)c2cc1OC. The first kappa shape index (κ1) is 25.2. The average Bonchev–Trinajstić information content (AvgIpc) is 2.91. The molecule has 7 nitrogen and oxygen atoms in total. The van der Waals surface area contributed by atoms with Crippen molar-refractivity contribution in [1.29, 1.82) is 0 Å². The van der Waals surface area contributed by atoms with Gasteiger partial charge in [0.15, 0.2) is 23.1 Å². The summed E-state index contributed by atoms with van der Waals surface area (Å²) in [5, 5.41) is 0.790. The second-order valence-electron chi connectivity index (χ2n) is 8.26. The summed E-state index contributed by atoms with van der Waals surface area (Å²) in [6.45, 7) is 0.0752. The lowest BCUT2D eigenvalue weighted by atomic mass is 10.1. The van der Waals surface area contributed by atoms with E-state index in [9.17, 15) is 9.18 Å². The van der Waals surface area contributed by atoms with Crippen LogP contribution in [0.2, 0.25) is 5.02 Å². The van der Waals surface area contributed by atoms with Gasteiger partial charge in [-0.3, -0.25) is 14.3 Å². The van der Waals surface area contributed by atoms with Gasteiger partial charge in [-0.05, 0) is 47.5 Å². The number of pyridine rings is 1. The molecule has 5 aromatic rings. The van der Waals surface area contributed by atoms with Crippen LogP contribution in [-0.2, 0) is 6.54 Å². The van der Waals surface area contributed by atoms with Crippen molar-refractivity contribution in [2.75, 3.05) is 14.2 Å². The molecule has 2 heterocycles. The maximum absolute atomic E-state index is 15.2. The Morgan fingerprint density at radius 1 is 0.921 bits per heavy atom. The molecule has 5 rings (SSSR count). The molecule has 192 valence electrons. The fourth-order valence-corrected chi connectivity index (χ4v) is 4.23. The van der Waals surface area contributed by atoms with Gasteiger partial charge in [0.1, 0.15) is 11.6 Å². The molecule has 0 atom stereocenters. The minimum absolute atomic E-state index is 0.0432. The summed E-state index contributed by atoms with van der Waals surface area (Å²) in [6.07, 6.45) is 4.24. The molecule has 0 spiro atoms. The first-order valence-corrected chi connectivity index (χ1v) is 11.7. The number of benzene rings is 3. The van der Waals surface area contributed by atoms with Gasteiger partial charge in [-0.25, -0.2) is 13.8 Å². The van der Waals surface area contributed by atoms with Gasteiger partial charge in [-0.15, -0.1) is 0 Å². The van der Waals surface area contributed by atoms with E-state index in [0.717, 1.165) is 0 Å². The first-order valence-electron chi connectivity index (χ1n) is 11.3. The van der Waals surface area contributed by atoms with Crippen molar-refractivity contribution in [2.45, 2.75) is 6.54 Å². The Morgan fingerprint density at radius 2 is 1.71 bits per heavy atom. The zero-order valence-corrected chi connectivity index (χ0v) is 21.0. The third-order valence-corrected chi connectivity index (χ3v) is 6.28. The fourth-order valence-electron chi connectivity index (χ4n) is 4.00. The highest BCUT2D eigenvalue weighted by Gasteiger charge is 2.15. The third kappa shape index (κ3) is 4.88. The number of rotatable bonds is 7. The van der Waals surface area contributed by atoms with Crippen LogP contribution in [0.4, 0.5) is 8.78 Å². The van der Waals surface area contributed by atoms with E-state index in [4.69, 9.17) is 25.8 Å². The van der Waals surface area contributed by atoms with Crippen LogP contribution in [0.1, 0.15) is 5.56 Å². The van der Waals surface area contributed by atoms with Gasteiger partial charge < -0.3 is 14.2 Å². The predicted molar refractivity (Wildman–Crippen MR) is 139 cm³/mol. The van der Waals surface area contributed by atoms with Crippen LogP contribution in [0.15, 0.2) is 78.1 Å². The molecule has 0 aliphatic rings. The van der Waals surface area contributed by atoms with Crippen molar-refractivity contribution >= 4 is 22.5 Å². The van der Waals surface area contributed by atoms with E-state index in [2.05, 4.69) is 9.97 Å². The molecule has 0 radical (unpaired) electrons. The minimum atomic E-state index is -0.677. The molecule has 0 unspecified atom stereocenters. The van der Waals surface area contributed by atoms with Gasteiger partial charge in [0, 0.05) is 28.9 Å². The summed E-state index contributed by atoms with van der Waals surface area (Å²) in [7, 11) is 3.04. The van der Waals surface area contributed by atoms with Crippen molar-refractivity contribution in [1.82, 2.24) is 14.5 Å². The predicted octanol–water partition coefficient (Wildman–Crippen LogP) is 6.25. The summed E-state index contributed by atoms with van der Waals surface area (Å²) in [5.74, 6) is 0.145. The van der Waals surface area contributed by atoms with E-state index in [1.54, 1.807) is 30.5 Å². The van der Waals surface area contributed by atoms with E-state index in [-0.39, 0.29) is 22.9 Å². The minimum Gasteiger partial charge on any atom is -0.493 e. The molecule has 0 N–H and O–H groups in total. The number of methoxy groups -OCH3 is 2. The lowest BCUT2D eigenvalue weighted by Crippen LogP contribution is -2.22. The van der Waals surface area contributed by atoms with Crippen molar-refractivity contribution in [2.24, 2.45) is 0 Å². The van der Waals surface area contributed by atoms with E-state index in [1.165, 1.54) is 61.6 Å². The molecule has 0 aliphatic carbocycles. The molecule has 10 heteroatoms. The Morgan fingerprint density at radius 3 is 2.45 bits per heavy atom. The van der Waals surface area contributed by atoms with Crippen molar-refractivity contribution in [3.05, 3.63) is 106 Å². The maximum atomic E-state index is 15.2. The zero-order chi connectivity index (χ0) is 26.8. The molecule has 38 heavy (non-hydrogen) atoms. The van der Waals surface area contributed by atoms with Crippen molar-refractivity contribution < 1.29 is 23.0 Å². The number of ether oxygens (including phenoxy) is 3. The second-order valence-corrected chi connectivity index (χ2v) is 8.66. The molecule has 0 amide bonds. The number of nitrogens with zero attached hydrogens (tertiary/aromatic N) is 3. The Bertz CT molecular complexity index is 1730. The highest BCUT2D eigenvalue weighted by Crippen LogP contribution is 2.37. The van der Waals surface area contributed by atoms with Crippen LogP contribution >= 0.6 is 11.6 Å². The van der Waals surface area contributed by atoms with E-state index in [1.807, 2.05) is 0 Å². The summed E-state index contributed by atoms with van der Waals surface area (Å²) >= 11 is 6.11. The van der Waals surface area contributed by atoms with Crippen LogP contribution in [0.25, 0.3) is 22.0 Å². The van der Waals surface area contributed by atoms with E-state index in [0.29, 0.717) is 39.3 Å². The van der Waals surface area contributed by atoms with Gasteiger partial charge in [0.2, 0.25) is 0 Å². The molecular formula is C28H20ClF2N3O4. The zero-order valence-electron chi connectivity index (χ0n) is 20.2. The normalized spacial score (nSPS) is 11.0. The lowest BCUT2D eigenvalue weighted by Gasteiger charge is -2.13. The standard InChI is InChI=1S/C28H20ClF2N3O4/c1-36-26-11-19-23(12-27(26)37-2)33-8-7-24(19)38-25-6-4-16(9-22(25)31)20-13-32-15-34(28(20)35)14-17-3-5-18(30)10-21(17)29/h3-13,15H,14H2,1-2H3.